The Morgan fingerprint density at radius 1 is 1.11 bits per heavy atom. The van der Waals surface area contributed by atoms with E-state index in [2.05, 4.69) is 24.5 Å². The summed E-state index contributed by atoms with van der Waals surface area (Å²) in [5, 5.41) is 5.63. The molecule has 0 spiro atoms. The highest BCUT2D eigenvalue weighted by Gasteiger charge is 2.35. The molecule has 148 valence electrons. The minimum Gasteiger partial charge on any atom is -0.338 e. The van der Waals surface area contributed by atoms with Crippen molar-refractivity contribution in [2.75, 3.05) is 23.7 Å². The molecule has 1 aliphatic rings. The molecule has 6 heteroatoms. The normalized spacial score (nSPS) is 18.4. The maximum Gasteiger partial charge on any atom is 0.323 e. The molecule has 28 heavy (non-hydrogen) atoms. The summed E-state index contributed by atoms with van der Waals surface area (Å²) >= 11 is 0. The number of aryl methyl sites for hydroxylation is 1. The van der Waals surface area contributed by atoms with E-state index in [0.717, 1.165) is 12.0 Å². The van der Waals surface area contributed by atoms with E-state index >= 15 is 0 Å². The number of anilines is 2. The molecule has 3 rings (SSSR count). The maximum atomic E-state index is 13.0. The number of carbonyl (C=O) groups is 2. The minimum absolute atomic E-state index is 0.0357. The van der Waals surface area contributed by atoms with Crippen molar-refractivity contribution in [1.29, 1.82) is 0 Å². The Kier molecular flexibility index (Phi) is 5.70. The molecule has 3 amide bonds. The highest BCUT2D eigenvalue weighted by molar-refractivity contribution is 6.02. The molecule has 0 aliphatic carbocycles. The lowest BCUT2D eigenvalue weighted by atomic mass is 9.79. The van der Waals surface area contributed by atoms with Crippen LogP contribution in [0.2, 0.25) is 0 Å². The molecule has 2 aromatic rings. The third-order valence-electron chi connectivity index (χ3n) is 5.36. The lowest BCUT2D eigenvalue weighted by Gasteiger charge is -2.42. The van der Waals surface area contributed by atoms with Crippen LogP contribution in [0.5, 0.6) is 0 Å². The van der Waals surface area contributed by atoms with Gasteiger partial charge in [-0.2, -0.15) is 0 Å². The summed E-state index contributed by atoms with van der Waals surface area (Å²) in [6, 6.07) is 14.4. The van der Waals surface area contributed by atoms with Gasteiger partial charge in [0.15, 0.2) is 0 Å². The van der Waals surface area contributed by atoms with Crippen LogP contribution in [0.3, 0.4) is 0 Å². The van der Waals surface area contributed by atoms with Gasteiger partial charge in [0.1, 0.15) is 0 Å². The van der Waals surface area contributed by atoms with Crippen LogP contribution in [0.1, 0.15) is 36.2 Å². The number of urea groups is 1. The first-order chi connectivity index (χ1) is 13.3. The number of hydrogen-bond donors (Lipinski definition) is 3. The van der Waals surface area contributed by atoms with Gasteiger partial charge in [-0.15, -0.1) is 0 Å². The molecule has 6 nitrogen and oxygen atoms in total. The zero-order valence-electron chi connectivity index (χ0n) is 16.7. The van der Waals surface area contributed by atoms with Crippen molar-refractivity contribution in [3.63, 3.8) is 0 Å². The van der Waals surface area contributed by atoms with Gasteiger partial charge in [-0.25, -0.2) is 4.79 Å². The van der Waals surface area contributed by atoms with Crippen molar-refractivity contribution in [3.05, 3.63) is 59.7 Å². The highest BCUT2D eigenvalue weighted by atomic mass is 16.2. The number of likely N-dealkylation sites (tertiary alicyclic amines) is 1. The number of carbonyl (C=O) groups excluding carboxylic acids is 2. The predicted octanol–water partition coefficient (Wildman–Crippen LogP) is 3.84. The van der Waals surface area contributed by atoms with Crippen LogP contribution in [0.4, 0.5) is 16.2 Å². The number of amides is 3. The fraction of sp³-hybridized carbons (Fsp3) is 0.364. The molecule has 0 bridgehead atoms. The Balaban J connectivity index is 1.72. The van der Waals surface area contributed by atoms with E-state index in [-0.39, 0.29) is 23.4 Å². The molecule has 1 aliphatic heterocycles. The second kappa shape index (κ2) is 8.02. The number of hydrogen-bond acceptors (Lipinski definition) is 3. The monoisotopic (exact) mass is 380 g/mol. The van der Waals surface area contributed by atoms with E-state index in [4.69, 9.17) is 5.73 Å². The van der Waals surface area contributed by atoms with Crippen LogP contribution >= 0.6 is 0 Å². The lowest BCUT2D eigenvalue weighted by molar-refractivity contribution is 0.0533. The maximum absolute atomic E-state index is 13.0. The topological polar surface area (TPSA) is 87.5 Å². The average molecular weight is 380 g/mol. The van der Waals surface area contributed by atoms with Crippen LogP contribution in [-0.2, 0) is 0 Å². The summed E-state index contributed by atoms with van der Waals surface area (Å²) in [6.07, 6.45) is 0.787. The van der Waals surface area contributed by atoms with Crippen LogP contribution < -0.4 is 16.4 Å². The summed E-state index contributed by atoms with van der Waals surface area (Å²) in [4.78, 5) is 27.1. The van der Waals surface area contributed by atoms with Crippen LogP contribution in [-0.4, -0.2) is 36.0 Å². The third-order valence-corrected chi connectivity index (χ3v) is 5.36. The molecule has 4 N–H and O–H groups in total. The number of nitrogens with zero attached hydrogens (tertiary/aromatic N) is 1. The van der Waals surface area contributed by atoms with E-state index in [1.54, 1.807) is 12.1 Å². The van der Waals surface area contributed by atoms with Crippen LogP contribution in [0.25, 0.3) is 0 Å². The first-order valence-electron chi connectivity index (χ1n) is 9.55. The fourth-order valence-electron chi connectivity index (χ4n) is 3.43. The summed E-state index contributed by atoms with van der Waals surface area (Å²) in [6.45, 7) is 7.35. The first kappa shape index (κ1) is 19.9. The van der Waals surface area contributed by atoms with Gasteiger partial charge in [-0.3, -0.25) is 4.79 Å². The van der Waals surface area contributed by atoms with E-state index in [0.29, 0.717) is 30.0 Å². The quantitative estimate of drug-likeness (QED) is 0.756. The highest BCUT2D eigenvalue weighted by Crippen LogP contribution is 2.29. The van der Waals surface area contributed by atoms with Crippen molar-refractivity contribution in [1.82, 2.24) is 4.90 Å². The number of nitrogens with two attached hydrogens (primary N) is 1. The molecular weight excluding hydrogens is 352 g/mol. The van der Waals surface area contributed by atoms with Crippen LogP contribution in [0.15, 0.2) is 48.5 Å². The van der Waals surface area contributed by atoms with Gasteiger partial charge >= 0.3 is 6.03 Å². The van der Waals surface area contributed by atoms with E-state index in [9.17, 15) is 9.59 Å². The largest absolute Gasteiger partial charge is 0.338 e. The van der Waals surface area contributed by atoms with Gasteiger partial charge in [0.2, 0.25) is 0 Å². The number of rotatable bonds is 3. The van der Waals surface area contributed by atoms with E-state index < -0.39 is 0 Å². The number of nitrogens with one attached hydrogen (secondary N) is 2. The first-order valence-corrected chi connectivity index (χ1v) is 9.55. The van der Waals surface area contributed by atoms with Crippen LogP contribution in [0, 0.1) is 12.3 Å². The Labute approximate surface area is 166 Å². The molecule has 1 atom stereocenters. The molecule has 0 radical (unpaired) electrons. The summed E-state index contributed by atoms with van der Waals surface area (Å²) in [7, 11) is 0. The average Bonchev–Trinajstić information content (AvgIpc) is 2.66. The molecular formula is C22H28N4O2. The smallest absolute Gasteiger partial charge is 0.323 e. The van der Waals surface area contributed by atoms with Crippen molar-refractivity contribution >= 4 is 23.3 Å². The second-order valence-electron chi connectivity index (χ2n) is 8.09. The second-order valence-corrected chi connectivity index (χ2v) is 8.09. The molecule has 2 aromatic carbocycles. The Morgan fingerprint density at radius 2 is 1.82 bits per heavy atom. The molecule has 1 heterocycles. The predicted molar refractivity (Wildman–Crippen MR) is 113 cm³/mol. The fourth-order valence-corrected chi connectivity index (χ4v) is 3.43. The van der Waals surface area contributed by atoms with Crippen molar-refractivity contribution < 1.29 is 9.59 Å². The number of para-hydroxylation sites is 1. The zero-order chi connectivity index (χ0) is 20.3. The molecule has 0 aromatic heterocycles. The minimum atomic E-state index is -0.344. The Hall–Kier alpha value is -2.86. The molecule has 1 fully saturated rings. The van der Waals surface area contributed by atoms with E-state index in [1.165, 1.54) is 0 Å². The number of benzene rings is 2. The Bertz CT molecular complexity index is 864. The lowest BCUT2D eigenvalue weighted by Crippen LogP contribution is -2.54. The summed E-state index contributed by atoms with van der Waals surface area (Å²) in [5.41, 5.74) is 8.84. The third kappa shape index (κ3) is 4.51. The van der Waals surface area contributed by atoms with Gasteiger partial charge in [0, 0.05) is 36.1 Å². The molecule has 1 saturated heterocycles. The molecule has 0 saturated carbocycles. The molecule has 1 unspecified atom stereocenters. The number of piperidine rings is 1. The zero-order valence-corrected chi connectivity index (χ0v) is 16.7. The van der Waals surface area contributed by atoms with Gasteiger partial charge in [-0.05, 0) is 48.6 Å². The summed E-state index contributed by atoms with van der Waals surface area (Å²) in [5.74, 6) is -0.0357. The van der Waals surface area contributed by atoms with Crippen molar-refractivity contribution in [2.45, 2.75) is 33.2 Å². The van der Waals surface area contributed by atoms with Gasteiger partial charge in [0.25, 0.3) is 5.91 Å². The van der Waals surface area contributed by atoms with Gasteiger partial charge in [0.05, 0.1) is 0 Å². The Morgan fingerprint density at radius 3 is 2.50 bits per heavy atom. The van der Waals surface area contributed by atoms with E-state index in [1.807, 2.05) is 48.2 Å². The van der Waals surface area contributed by atoms with Gasteiger partial charge < -0.3 is 21.3 Å². The SMILES string of the molecule is Cc1ccc(C(=O)N2CCC(N)C(C)(C)C2)cc1NC(=O)Nc1ccccc1. The van der Waals surface area contributed by atoms with Crippen molar-refractivity contribution in [2.24, 2.45) is 11.1 Å². The van der Waals surface area contributed by atoms with Gasteiger partial charge in [-0.1, -0.05) is 38.1 Å². The summed E-state index contributed by atoms with van der Waals surface area (Å²) < 4.78 is 0. The van der Waals surface area contributed by atoms with Crippen molar-refractivity contribution in [3.8, 4) is 0 Å². The standard InChI is InChI=1S/C22H28N4O2/c1-15-9-10-16(20(27)26-12-11-19(23)22(2,3)14-26)13-18(15)25-21(28)24-17-7-5-4-6-8-17/h4-10,13,19H,11-12,14,23H2,1-3H3,(H2,24,25,28).